The molecule has 0 aliphatic carbocycles. The minimum absolute atomic E-state index is 0.00829. The highest BCUT2D eigenvalue weighted by Crippen LogP contribution is 2.22. The zero-order valence-electron chi connectivity index (χ0n) is 15.4. The van der Waals surface area contributed by atoms with Gasteiger partial charge < -0.3 is 9.47 Å². The Morgan fingerprint density at radius 1 is 0.846 bits per heavy atom. The maximum atomic E-state index is 12.2. The van der Waals surface area contributed by atoms with Crippen LogP contribution < -0.4 is 0 Å². The molecule has 26 heavy (non-hydrogen) atoms. The SMILES string of the molecule is COC(=O)c1ccccc1C(=O)OCC(=O)c1ccc(C(C)(C)C)cc1. The molecule has 0 saturated heterocycles. The molecule has 5 heteroatoms. The van der Waals surface area contributed by atoms with Crippen molar-refractivity contribution < 1.29 is 23.9 Å². The van der Waals surface area contributed by atoms with Gasteiger partial charge >= 0.3 is 11.9 Å². The Balaban J connectivity index is 2.06. The largest absolute Gasteiger partial charge is 0.465 e. The molecular weight excluding hydrogens is 332 g/mol. The van der Waals surface area contributed by atoms with E-state index in [2.05, 4.69) is 25.5 Å². The van der Waals surface area contributed by atoms with Crippen LogP contribution in [0.5, 0.6) is 0 Å². The van der Waals surface area contributed by atoms with Crippen LogP contribution in [0.3, 0.4) is 0 Å². The van der Waals surface area contributed by atoms with Gasteiger partial charge in [0, 0.05) is 5.56 Å². The Bertz CT molecular complexity index is 813. The van der Waals surface area contributed by atoms with Gasteiger partial charge in [0.05, 0.1) is 18.2 Å². The fraction of sp³-hybridized carbons (Fsp3) is 0.286. The van der Waals surface area contributed by atoms with Gasteiger partial charge in [-0.25, -0.2) is 9.59 Å². The molecule has 2 rings (SSSR count). The average Bonchev–Trinajstić information content (AvgIpc) is 2.64. The van der Waals surface area contributed by atoms with Gasteiger partial charge in [0.1, 0.15) is 0 Å². The van der Waals surface area contributed by atoms with Crippen molar-refractivity contribution in [1.82, 2.24) is 0 Å². The highest BCUT2D eigenvalue weighted by Gasteiger charge is 2.20. The Labute approximate surface area is 152 Å². The molecule has 0 aliphatic heterocycles. The van der Waals surface area contributed by atoms with Gasteiger partial charge in [-0.1, -0.05) is 57.2 Å². The van der Waals surface area contributed by atoms with E-state index in [-0.39, 0.29) is 22.3 Å². The lowest BCUT2D eigenvalue weighted by molar-refractivity contribution is 0.0463. The molecule has 136 valence electrons. The number of carbonyl (C=O) groups is 3. The molecule has 0 atom stereocenters. The standard InChI is InChI=1S/C21H22O5/c1-21(2,3)15-11-9-14(10-12-15)18(22)13-26-20(24)17-8-6-5-7-16(17)19(23)25-4/h5-12H,13H2,1-4H3. The first kappa shape index (κ1) is 19.4. The molecule has 0 N–H and O–H groups in total. The predicted molar refractivity (Wildman–Crippen MR) is 97.5 cm³/mol. The molecule has 0 bridgehead atoms. The molecule has 0 aliphatic rings. The third-order valence-corrected chi connectivity index (χ3v) is 3.96. The van der Waals surface area contributed by atoms with Gasteiger partial charge in [-0.15, -0.1) is 0 Å². The van der Waals surface area contributed by atoms with Gasteiger partial charge in [0.2, 0.25) is 0 Å². The molecule has 0 aromatic heterocycles. The summed E-state index contributed by atoms with van der Waals surface area (Å²) in [5, 5.41) is 0. The maximum Gasteiger partial charge on any atom is 0.339 e. The van der Waals surface area contributed by atoms with Gasteiger partial charge in [0.15, 0.2) is 12.4 Å². The zero-order chi connectivity index (χ0) is 19.3. The Morgan fingerprint density at radius 3 is 1.88 bits per heavy atom. The summed E-state index contributed by atoms with van der Waals surface area (Å²) >= 11 is 0. The number of Topliss-reactive ketones (excluding diaryl/α,β-unsaturated/α-hetero) is 1. The van der Waals surface area contributed by atoms with Crippen LogP contribution in [0.15, 0.2) is 48.5 Å². The lowest BCUT2D eigenvalue weighted by atomic mass is 9.86. The van der Waals surface area contributed by atoms with Crippen LogP contribution in [0.1, 0.15) is 57.4 Å². The molecule has 0 spiro atoms. The van der Waals surface area contributed by atoms with Gasteiger partial charge in [0.25, 0.3) is 0 Å². The number of rotatable bonds is 5. The Morgan fingerprint density at radius 2 is 1.38 bits per heavy atom. The minimum Gasteiger partial charge on any atom is -0.465 e. The van der Waals surface area contributed by atoms with Crippen molar-refractivity contribution >= 4 is 17.7 Å². The fourth-order valence-electron chi connectivity index (χ4n) is 2.40. The van der Waals surface area contributed by atoms with Crippen LogP contribution in [-0.4, -0.2) is 31.4 Å². The van der Waals surface area contributed by atoms with Gasteiger partial charge in [-0.3, -0.25) is 4.79 Å². The van der Waals surface area contributed by atoms with Crippen LogP contribution in [0.2, 0.25) is 0 Å². The highest BCUT2D eigenvalue weighted by atomic mass is 16.5. The van der Waals surface area contributed by atoms with Crippen molar-refractivity contribution in [2.75, 3.05) is 13.7 Å². The van der Waals surface area contributed by atoms with E-state index in [1.54, 1.807) is 24.3 Å². The minimum atomic E-state index is -0.745. The number of methoxy groups -OCH3 is 1. The summed E-state index contributed by atoms with van der Waals surface area (Å²) in [6.45, 7) is 5.86. The van der Waals surface area contributed by atoms with E-state index in [9.17, 15) is 14.4 Å². The van der Waals surface area contributed by atoms with E-state index in [4.69, 9.17) is 4.74 Å². The number of esters is 2. The highest BCUT2D eigenvalue weighted by molar-refractivity contribution is 6.04. The smallest absolute Gasteiger partial charge is 0.339 e. The number of hydrogen-bond donors (Lipinski definition) is 0. The summed E-state index contributed by atoms with van der Waals surface area (Å²) < 4.78 is 9.73. The number of ether oxygens (including phenoxy) is 2. The maximum absolute atomic E-state index is 12.2. The van der Waals surface area contributed by atoms with E-state index in [1.807, 2.05) is 12.1 Å². The zero-order valence-corrected chi connectivity index (χ0v) is 15.4. The molecule has 2 aromatic carbocycles. The van der Waals surface area contributed by atoms with Crippen molar-refractivity contribution in [2.24, 2.45) is 0 Å². The van der Waals surface area contributed by atoms with Crippen molar-refractivity contribution in [3.05, 3.63) is 70.8 Å². The molecule has 2 aromatic rings. The van der Waals surface area contributed by atoms with Gasteiger partial charge in [-0.05, 0) is 23.1 Å². The van der Waals surface area contributed by atoms with Crippen LogP contribution >= 0.6 is 0 Å². The average molecular weight is 354 g/mol. The molecule has 0 radical (unpaired) electrons. The van der Waals surface area contributed by atoms with Crippen molar-refractivity contribution in [3.63, 3.8) is 0 Å². The van der Waals surface area contributed by atoms with E-state index in [1.165, 1.54) is 19.2 Å². The summed E-state index contributed by atoms with van der Waals surface area (Å²) in [7, 11) is 1.23. The molecule has 0 saturated carbocycles. The topological polar surface area (TPSA) is 69.7 Å². The van der Waals surface area contributed by atoms with Crippen molar-refractivity contribution in [2.45, 2.75) is 26.2 Å². The summed E-state index contributed by atoms with van der Waals surface area (Å²) in [5.41, 5.74) is 1.73. The van der Waals surface area contributed by atoms with Crippen LogP contribution in [0.25, 0.3) is 0 Å². The van der Waals surface area contributed by atoms with Crippen molar-refractivity contribution in [3.8, 4) is 0 Å². The number of ketones is 1. The predicted octanol–water partition coefficient (Wildman–Crippen LogP) is 3.81. The monoisotopic (exact) mass is 354 g/mol. The second kappa shape index (κ2) is 7.95. The fourth-order valence-corrected chi connectivity index (χ4v) is 2.40. The Kier molecular flexibility index (Phi) is 5.93. The van der Waals surface area contributed by atoms with E-state index in [0.717, 1.165) is 5.56 Å². The van der Waals surface area contributed by atoms with Crippen LogP contribution in [0, 0.1) is 0 Å². The van der Waals surface area contributed by atoms with Crippen LogP contribution in [0.4, 0.5) is 0 Å². The van der Waals surface area contributed by atoms with Gasteiger partial charge in [-0.2, -0.15) is 0 Å². The van der Waals surface area contributed by atoms with E-state index >= 15 is 0 Å². The lowest BCUT2D eigenvalue weighted by Crippen LogP contribution is -2.17. The second-order valence-electron chi connectivity index (χ2n) is 6.86. The third-order valence-electron chi connectivity index (χ3n) is 3.96. The third kappa shape index (κ3) is 4.57. The number of carbonyl (C=O) groups excluding carboxylic acids is 3. The first-order valence-corrected chi connectivity index (χ1v) is 8.22. The lowest BCUT2D eigenvalue weighted by Gasteiger charge is -2.19. The molecule has 0 heterocycles. The molecule has 5 nitrogen and oxygen atoms in total. The summed E-state index contributed by atoms with van der Waals surface area (Å²) in [6, 6.07) is 13.4. The molecular formula is C21H22O5. The molecule has 0 fully saturated rings. The Hall–Kier alpha value is -2.95. The van der Waals surface area contributed by atoms with E-state index < -0.39 is 18.5 Å². The first-order valence-electron chi connectivity index (χ1n) is 8.22. The first-order chi connectivity index (χ1) is 12.2. The quantitative estimate of drug-likeness (QED) is 0.603. The summed E-state index contributed by atoms with van der Waals surface area (Å²) in [5.74, 6) is -1.69. The number of benzene rings is 2. The normalized spacial score (nSPS) is 10.9. The number of hydrogen-bond acceptors (Lipinski definition) is 5. The molecule has 0 amide bonds. The molecule has 0 unspecified atom stereocenters. The van der Waals surface area contributed by atoms with E-state index in [0.29, 0.717) is 5.56 Å². The summed E-state index contributed by atoms with van der Waals surface area (Å²) in [6.07, 6.45) is 0. The summed E-state index contributed by atoms with van der Waals surface area (Å²) in [4.78, 5) is 36.2. The van der Waals surface area contributed by atoms with Crippen molar-refractivity contribution in [1.29, 1.82) is 0 Å². The second-order valence-corrected chi connectivity index (χ2v) is 6.86. The van der Waals surface area contributed by atoms with Crippen LogP contribution in [-0.2, 0) is 14.9 Å².